The van der Waals surface area contributed by atoms with E-state index in [2.05, 4.69) is 29.0 Å². The van der Waals surface area contributed by atoms with Gasteiger partial charge >= 0.3 is 5.97 Å². The number of aryl methyl sites for hydroxylation is 2. The maximum absolute atomic E-state index is 11.5. The smallest absolute Gasteiger partial charge is 0.319 e. The highest BCUT2D eigenvalue weighted by molar-refractivity contribution is 8.01. The van der Waals surface area contributed by atoms with E-state index in [-0.39, 0.29) is 0 Å². The van der Waals surface area contributed by atoms with Gasteiger partial charge in [-0.3, -0.25) is 4.79 Å². The van der Waals surface area contributed by atoms with E-state index in [1.165, 1.54) is 11.8 Å². The van der Waals surface area contributed by atoms with Crippen molar-refractivity contribution in [2.75, 3.05) is 0 Å². The van der Waals surface area contributed by atoms with E-state index in [1.54, 1.807) is 25.2 Å². The summed E-state index contributed by atoms with van der Waals surface area (Å²) in [5.41, 5.74) is 2.20. The number of nitrogens with zero attached hydrogens (tertiary/aromatic N) is 2. The maximum Gasteiger partial charge on any atom is 0.319 e. The minimum absolute atomic E-state index is 0.659. The molecule has 0 radical (unpaired) electrons. The van der Waals surface area contributed by atoms with E-state index in [0.29, 0.717) is 5.82 Å². The Labute approximate surface area is 149 Å². The highest BCUT2D eigenvalue weighted by atomic mass is 32.2. The van der Waals surface area contributed by atoms with E-state index >= 15 is 0 Å². The Hall–Kier alpha value is -1.92. The lowest BCUT2D eigenvalue weighted by atomic mass is 10.0. The van der Waals surface area contributed by atoms with Gasteiger partial charge in [-0.15, -0.1) is 11.3 Å². The Balaban J connectivity index is 2.27. The van der Waals surface area contributed by atoms with Crippen LogP contribution < -0.4 is 0 Å². The first kappa shape index (κ1) is 16.9. The van der Waals surface area contributed by atoms with Gasteiger partial charge in [0.1, 0.15) is 20.4 Å². The van der Waals surface area contributed by atoms with Gasteiger partial charge in [-0.2, -0.15) is 0 Å². The zero-order chi connectivity index (χ0) is 17.5. The molecule has 24 heavy (non-hydrogen) atoms. The zero-order valence-electron chi connectivity index (χ0n) is 14.0. The number of aliphatic carboxylic acids is 1. The molecule has 0 aliphatic carbocycles. The predicted molar refractivity (Wildman–Crippen MR) is 99.9 cm³/mol. The highest BCUT2D eigenvalue weighted by Gasteiger charge is 2.31. The summed E-state index contributed by atoms with van der Waals surface area (Å²) in [7, 11) is 0. The molecule has 0 saturated heterocycles. The van der Waals surface area contributed by atoms with Gasteiger partial charge in [0.05, 0.1) is 5.39 Å². The molecule has 0 bridgehead atoms. The van der Waals surface area contributed by atoms with E-state index in [4.69, 9.17) is 0 Å². The number of fused-ring (bicyclic) bond motifs is 1. The van der Waals surface area contributed by atoms with Crippen LogP contribution >= 0.6 is 23.1 Å². The third-order valence-corrected chi connectivity index (χ3v) is 5.91. The van der Waals surface area contributed by atoms with Crippen molar-refractivity contribution in [1.82, 2.24) is 9.97 Å². The molecule has 4 nitrogen and oxygen atoms in total. The van der Waals surface area contributed by atoms with Gasteiger partial charge in [-0.1, -0.05) is 42.1 Å². The van der Waals surface area contributed by atoms with Crippen molar-refractivity contribution in [3.8, 4) is 11.1 Å². The number of thiophene rings is 1. The van der Waals surface area contributed by atoms with Gasteiger partial charge in [0.25, 0.3) is 0 Å². The molecule has 0 aliphatic rings. The molecule has 3 rings (SSSR count). The first-order valence-electron chi connectivity index (χ1n) is 7.55. The van der Waals surface area contributed by atoms with Crippen LogP contribution in [0.3, 0.4) is 0 Å². The number of benzene rings is 1. The van der Waals surface area contributed by atoms with Crippen molar-refractivity contribution in [3.63, 3.8) is 0 Å². The molecule has 0 aliphatic heterocycles. The molecule has 2 heterocycles. The summed E-state index contributed by atoms with van der Waals surface area (Å²) in [6.45, 7) is 7.31. The first-order chi connectivity index (χ1) is 11.3. The first-order valence-corrected chi connectivity index (χ1v) is 9.18. The number of hydrogen-bond acceptors (Lipinski definition) is 5. The monoisotopic (exact) mass is 358 g/mol. The van der Waals surface area contributed by atoms with Crippen molar-refractivity contribution in [3.05, 3.63) is 41.0 Å². The molecule has 0 unspecified atom stereocenters. The van der Waals surface area contributed by atoms with Gasteiger partial charge in [0.2, 0.25) is 0 Å². The summed E-state index contributed by atoms with van der Waals surface area (Å²) < 4.78 is -0.961. The second kappa shape index (κ2) is 6.18. The minimum atomic E-state index is -0.961. The Morgan fingerprint density at radius 3 is 2.46 bits per heavy atom. The number of carboxylic acid groups (broad SMARTS) is 1. The molecule has 1 aromatic carbocycles. The molecule has 0 spiro atoms. The summed E-state index contributed by atoms with van der Waals surface area (Å²) in [5, 5.41) is 11.2. The molecule has 0 atom stereocenters. The van der Waals surface area contributed by atoms with Crippen LogP contribution in [0.15, 0.2) is 35.4 Å². The number of thioether (sulfide) groups is 1. The van der Waals surface area contributed by atoms with Gasteiger partial charge < -0.3 is 5.11 Å². The van der Waals surface area contributed by atoms with Crippen molar-refractivity contribution in [2.45, 2.75) is 37.5 Å². The number of carbonyl (C=O) groups is 1. The fourth-order valence-corrected chi connectivity index (χ4v) is 4.70. The average Bonchev–Trinajstić information content (AvgIpc) is 2.83. The van der Waals surface area contributed by atoms with Crippen LogP contribution in [0, 0.1) is 13.8 Å². The molecular weight excluding hydrogens is 340 g/mol. The fourth-order valence-electron chi connectivity index (χ4n) is 2.49. The SMILES string of the molecule is Cc1nc(SC(C)(C)C(=O)O)c2c(-c3ccccc3)c(C)sc2n1. The molecule has 1 N–H and O–H groups in total. The van der Waals surface area contributed by atoms with Crippen LogP contribution in [0.4, 0.5) is 0 Å². The van der Waals surface area contributed by atoms with E-state index in [9.17, 15) is 9.90 Å². The minimum Gasteiger partial charge on any atom is -0.480 e. The predicted octanol–water partition coefficient (Wildman–Crippen LogP) is 4.93. The second-order valence-corrected chi connectivity index (χ2v) is 8.89. The van der Waals surface area contributed by atoms with Gasteiger partial charge in [-0.25, -0.2) is 9.97 Å². The standard InChI is InChI=1S/C18H18N2O2S2/c1-10-13(12-8-6-5-7-9-12)14-15(23-10)19-11(2)20-16(14)24-18(3,4)17(21)22/h5-9H,1-4H3,(H,21,22). The summed E-state index contributed by atoms with van der Waals surface area (Å²) in [6.07, 6.45) is 0. The fraction of sp³-hybridized carbons (Fsp3) is 0.278. The van der Waals surface area contributed by atoms with Crippen molar-refractivity contribution >= 4 is 39.3 Å². The third kappa shape index (κ3) is 3.03. The molecule has 3 aromatic rings. The van der Waals surface area contributed by atoms with Crippen LogP contribution in [0.5, 0.6) is 0 Å². The van der Waals surface area contributed by atoms with Gasteiger partial charge in [0.15, 0.2) is 0 Å². The lowest BCUT2D eigenvalue weighted by Gasteiger charge is -2.18. The summed E-state index contributed by atoms with van der Waals surface area (Å²) in [5.74, 6) is -0.197. The average molecular weight is 358 g/mol. The van der Waals surface area contributed by atoms with E-state index in [0.717, 1.165) is 31.2 Å². The quantitative estimate of drug-likeness (QED) is 0.529. The molecule has 0 amide bonds. The van der Waals surface area contributed by atoms with Crippen molar-refractivity contribution < 1.29 is 9.90 Å². The number of rotatable bonds is 4. The highest BCUT2D eigenvalue weighted by Crippen LogP contribution is 2.44. The molecule has 124 valence electrons. The van der Waals surface area contributed by atoms with E-state index < -0.39 is 10.7 Å². The lowest BCUT2D eigenvalue weighted by molar-refractivity contribution is -0.138. The molecular formula is C18H18N2O2S2. The lowest BCUT2D eigenvalue weighted by Crippen LogP contribution is -2.27. The van der Waals surface area contributed by atoms with Crippen LogP contribution in [0.1, 0.15) is 24.5 Å². The summed E-state index contributed by atoms with van der Waals surface area (Å²) >= 11 is 2.90. The Kier molecular flexibility index (Phi) is 4.36. The van der Waals surface area contributed by atoms with Crippen LogP contribution in [-0.4, -0.2) is 25.8 Å². The molecule has 0 fully saturated rings. The number of aromatic nitrogens is 2. The molecule has 2 aromatic heterocycles. The number of hydrogen-bond donors (Lipinski definition) is 1. The Morgan fingerprint density at radius 2 is 1.83 bits per heavy atom. The van der Waals surface area contributed by atoms with Crippen molar-refractivity contribution in [2.24, 2.45) is 0 Å². The van der Waals surface area contributed by atoms with Crippen molar-refractivity contribution in [1.29, 1.82) is 0 Å². The Morgan fingerprint density at radius 1 is 1.17 bits per heavy atom. The van der Waals surface area contributed by atoms with E-state index in [1.807, 2.05) is 25.1 Å². The second-order valence-electron chi connectivity index (χ2n) is 6.07. The van der Waals surface area contributed by atoms with Crippen LogP contribution in [-0.2, 0) is 4.79 Å². The third-order valence-electron chi connectivity index (χ3n) is 3.74. The topological polar surface area (TPSA) is 63.1 Å². The van der Waals surface area contributed by atoms with Crippen LogP contribution in [0.25, 0.3) is 21.3 Å². The Bertz CT molecular complexity index is 918. The largest absolute Gasteiger partial charge is 0.480 e. The maximum atomic E-state index is 11.5. The normalized spacial score (nSPS) is 11.8. The molecule has 0 saturated carbocycles. The zero-order valence-corrected chi connectivity index (χ0v) is 15.6. The molecule has 6 heteroatoms. The summed E-state index contributed by atoms with van der Waals surface area (Å²) in [6, 6.07) is 10.1. The summed E-state index contributed by atoms with van der Waals surface area (Å²) in [4.78, 5) is 22.7. The number of carboxylic acids is 1. The van der Waals surface area contributed by atoms with Crippen LogP contribution in [0.2, 0.25) is 0 Å². The van der Waals surface area contributed by atoms with Gasteiger partial charge in [0, 0.05) is 10.4 Å². The van der Waals surface area contributed by atoms with Gasteiger partial charge in [-0.05, 0) is 33.3 Å².